The number of nitrogens with two attached hydrogens (primary N) is 1. The van der Waals surface area contributed by atoms with Crippen LogP contribution in [0.2, 0.25) is 0 Å². The SMILES string of the molecule is C[C@H]([NH2+]CC(=O)Nc1ccccc1C(=O)NC1CC1)c1cccs1. The number of amides is 2. The lowest BCUT2D eigenvalue weighted by atomic mass is 10.1. The van der Waals surface area contributed by atoms with Crippen LogP contribution in [0.25, 0.3) is 0 Å². The molecule has 1 aliphatic rings. The van der Waals surface area contributed by atoms with Gasteiger partial charge in [0.15, 0.2) is 6.54 Å². The van der Waals surface area contributed by atoms with Crippen LogP contribution in [0.4, 0.5) is 5.69 Å². The number of benzene rings is 1. The van der Waals surface area contributed by atoms with Crippen LogP contribution in [-0.2, 0) is 4.79 Å². The van der Waals surface area contributed by atoms with Gasteiger partial charge in [-0.3, -0.25) is 9.59 Å². The summed E-state index contributed by atoms with van der Waals surface area (Å²) in [5.74, 6) is -0.227. The van der Waals surface area contributed by atoms with Crippen LogP contribution in [0.5, 0.6) is 0 Å². The highest BCUT2D eigenvalue weighted by Crippen LogP contribution is 2.21. The van der Waals surface area contributed by atoms with Gasteiger partial charge in [-0.25, -0.2) is 0 Å². The molecule has 1 atom stereocenters. The minimum atomic E-state index is -0.121. The van der Waals surface area contributed by atoms with E-state index in [1.807, 2.05) is 28.9 Å². The first-order valence-electron chi connectivity index (χ1n) is 8.20. The normalized spacial score (nSPS) is 14.9. The zero-order chi connectivity index (χ0) is 16.9. The predicted octanol–water partition coefficient (Wildman–Crippen LogP) is 1.90. The molecular formula is C18H22N3O2S+. The lowest BCUT2D eigenvalue weighted by Crippen LogP contribution is -2.86. The lowest BCUT2D eigenvalue weighted by Gasteiger charge is -2.12. The number of hydrogen-bond donors (Lipinski definition) is 3. The monoisotopic (exact) mass is 344 g/mol. The van der Waals surface area contributed by atoms with E-state index in [-0.39, 0.29) is 17.9 Å². The van der Waals surface area contributed by atoms with Gasteiger partial charge in [-0.2, -0.15) is 0 Å². The van der Waals surface area contributed by atoms with Gasteiger partial charge >= 0.3 is 0 Å². The summed E-state index contributed by atoms with van der Waals surface area (Å²) in [6.07, 6.45) is 2.08. The van der Waals surface area contributed by atoms with Gasteiger partial charge in [0.2, 0.25) is 0 Å². The third-order valence-electron chi connectivity index (χ3n) is 4.01. The average molecular weight is 344 g/mol. The van der Waals surface area contributed by atoms with E-state index in [1.165, 1.54) is 4.88 Å². The third kappa shape index (κ3) is 4.43. The van der Waals surface area contributed by atoms with E-state index < -0.39 is 0 Å². The first-order valence-corrected chi connectivity index (χ1v) is 9.08. The van der Waals surface area contributed by atoms with Crippen molar-refractivity contribution in [2.45, 2.75) is 31.8 Å². The zero-order valence-corrected chi connectivity index (χ0v) is 14.4. The molecule has 0 aliphatic heterocycles. The van der Waals surface area contributed by atoms with Crippen molar-refractivity contribution in [3.05, 3.63) is 52.2 Å². The van der Waals surface area contributed by atoms with E-state index in [9.17, 15) is 9.59 Å². The van der Waals surface area contributed by atoms with Crippen LogP contribution in [0.1, 0.15) is 41.0 Å². The standard InChI is InChI=1S/C18H21N3O2S/c1-12(16-7-4-10-24-16)19-11-17(22)21-15-6-3-2-5-14(15)18(23)20-13-8-9-13/h2-7,10,12-13,19H,8-9,11H2,1H3,(H,20,23)(H,21,22)/p+1/t12-/m0/s1. The Hall–Kier alpha value is -2.18. The molecule has 1 aromatic carbocycles. The Labute approximate surface area is 145 Å². The van der Waals surface area contributed by atoms with E-state index in [2.05, 4.69) is 23.6 Å². The molecule has 0 radical (unpaired) electrons. The predicted molar refractivity (Wildman–Crippen MR) is 95.1 cm³/mol. The number of carbonyl (C=O) groups excluding carboxylic acids is 2. The number of rotatable bonds is 7. The molecule has 24 heavy (non-hydrogen) atoms. The minimum absolute atomic E-state index is 0.106. The Bertz CT molecular complexity index is 711. The van der Waals surface area contributed by atoms with Gasteiger partial charge in [-0.05, 0) is 43.3 Å². The average Bonchev–Trinajstić information content (AvgIpc) is 3.22. The Kier molecular flexibility index (Phi) is 5.27. The molecule has 1 fully saturated rings. The maximum absolute atomic E-state index is 12.3. The van der Waals surface area contributed by atoms with Gasteiger partial charge in [0.1, 0.15) is 6.04 Å². The Morgan fingerprint density at radius 1 is 1.25 bits per heavy atom. The zero-order valence-electron chi connectivity index (χ0n) is 13.6. The molecule has 0 bridgehead atoms. The first kappa shape index (κ1) is 16.7. The molecular weight excluding hydrogens is 322 g/mol. The molecule has 4 N–H and O–H groups in total. The van der Waals surface area contributed by atoms with Crippen LogP contribution in [0.15, 0.2) is 41.8 Å². The van der Waals surface area contributed by atoms with Crippen molar-refractivity contribution >= 4 is 28.8 Å². The molecule has 5 nitrogen and oxygen atoms in total. The molecule has 2 aromatic rings. The van der Waals surface area contributed by atoms with Crippen molar-refractivity contribution < 1.29 is 14.9 Å². The maximum Gasteiger partial charge on any atom is 0.279 e. The summed E-state index contributed by atoms with van der Waals surface area (Å²) in [4.78, 5) is 25.7. The Morgan fingerprint density at radius 2 is 2.04 bits per heavy atom. The van der Waals surface area contributed by atoms with Gasteiger partial charge in [-0.1, -0.05) is 18.2 Å². The second-order valence-corrected chi connectivity index (χ2v) is 7.06. The van der Waals surface area contributed by atoms with Crippen LogP contribution in [0, 0.1) is 0 Å². The number of carbonyl (C=O) groups is 2. The van der Waals surface area contributed by atoms with E-state index in [4.69, 9.17) is 0 Å². The van der Waals surface area contributed by atoms with E-state index in [0.29, 0.717) is 23.8 Å². The largest absolute Gasteiger partial charge is 0.349 e. The summed E-state index contributed by atoms with van der Waals surface area (Å²) < 4.78 is 0. The van der Waals surface area contributed by atoms with Crippen molar-refractivity contribution in [1.82, 2.24) is 5.32 Å². The Morgan fingerprint density at radius 3 is 2.75 bits per heavy atom. The van der Waals surface area contributed by atoms with Gasteiger partial charge in [-0.15, -0.1) is 11.3 Å². The van der Waals surface area contributed by atoms with Crippen molar-refractivity contribution in [1.29, 1.82) is 0 Å². The van der Waals surface area contributed by atoms with E-state index in [1.54, 1.807) is 23.5 Å². The summed E-state index contributed by atoms with van der Waals surface area (Å²) in [6.45, 7) is 2.40. The van der Waals surface area contributed by atoms with Gasteiger partial charge in [0.05, 0.1) is 16.1 Å². The number of nitrogens with one attached hydrogen (secondary N) is 2. The lowest BCUT2D eigenvalue weighted by molar-refractivity contribution is -0.681. The van der Waals surface area contributed by atoms with Crippen LogP contribution < -0.4 is 16.0 Å². The molecule has 2 amide bonds. The smallest absolute Gasteiger partial charge is 0.279 e. The second kappa shape index (κ2) is 7.59. The first-order chi connectivity index (χ1) is 11.6. The van der Waals surface area contributed by atoms with Gasteiger partial charge in [0, 0.05) is 6.04 Å². The van der Waals surface area contributed by atoms with Crippen molar-refractivity contribution in [2.75, 3.05) is 11.9 Å². The van der Waals surface area contributed by atoms with Crippen LogP contribution >= 0.6 is 11.3 Å². The summed E-state index contributed by atoms with van der Waals surface area (Å²) in [6, 6.07) is 11.8. The van der Waals surface area contributed by atoms with Gasteiger partial charge < -0.3 is 16.0 Å². The molecule has 1 heterocycles. The summed E-state index contributed by atoms with van der Waals surface area (Å²) in [5.41, 5.74) is 1.09. The number of anilines is 1. The van der Waals surface area contributed by atoms with Crippen molar-refractivity contribution in [3.8, 4) is 0 Å². The fourth-order valence-corrected chi connectivity index (χ4v) is 3.21. The highest BCUT2D eigenvalue weighted by molar-refractivity contribution is 7.10. The number of quaternary nitrogens is 1. The molecule has 0 spiro atoms. The second-order valence-electron chi connectivity index (χ2n) is 6.09. The van der Waals surface area contributed by atoms with Crippen molar-refractivity contribution in [2.24, 2.45) is 0 Å². The summed E-state index contributed by atoms with van der Waals surface area (Å²) in [5, 5.41) is 9.84. The van der Waals surface area contributed by atoms with E-state index >= 15 is 0 Å². The Balaban J connectivity index is 1.56. The van der Waals surface area contributed by atoms with Crippen molar-refractivity contribution in [3.63, 3.8) is 0 Å². The number of hydrogen-bond acceptors (Lipinski definition) is 3. The minimum Gasteiger partial charge on any atom is -0.349 e. The molecule has 0 saturated heterocycles. The summed E-state index contributed by atoms with van der Waals surface area (Å²) in [7, 11) is 0. The molecule has 1 aromatic heterocycles. The molecule has 1 aliphatic carbocycles. The molecule has 6 heteroatoms. The highest BCUT2D eigenvalue weighted by Gasteiger charge is 2.25. The highest BCUT2D eigenvalue weighted by atomic mass is 32.1. The summed E-state index contributed by atoms with van der Waals surface area (Å²) >= 11 is 1.69. The quantitative estimate of drug-likeness (QED) is 0.718. The molecule has 3 rings (SSSR count). The fraction of sp³-hybridized carbons (Fsp3) is 0.333. The molecule has 1 saturated carbocycles. The number of thiophene rings is 1. The van der Waals surface area contributed by atoms with Crippen LogP contribution in [0.3, 0.4) is 0 Å². The van der Waals surface area contributed by atoms with E-state index in [0.717, 1.165) is 12.8 Å². The molecule has 126 valence electrons. The maximum atomic E-state index is 12.3. The van der Waals surface area contributed by atoms with Crippen LogP contribution in [-0.4, -0.2) is 24.4 Å². The fourth-order valence-electron chi connectivity index (χ4n) is 2.43. The third-order valence-corrected chi connectivity index (χ3v) is 5.08. The topological polar surface area (TPSA) is 74.8 Å². The van der Waals surface area contributed by atoms with Gasteiger partial charge in [0.25, 0.3) is 11.8 Å². The number of para-hydroxylation sites is 1. The molecule has 0 unspecified atom stereocenters.